The summed E-state index contributed by atoms with van der Waals surface area (Å²) in [6.45, 7) is 5.78. The van der Waals surface area contributed by atoms with Crippen molar-refractivity contribution in [3.05, 3.63) is 137 Å². The van der Waals surface area contributed by atoms with Gasteiger partial charge in [0.25, 0.3) is 0 Å². The number of nitrogens with one attached hydrogen (secondary N) is 2. The molecule has 0 radical (unpaired) electrons. The molecule has 0 saturated carbocycles. The maximum absolute atomic E-state index is 14.0. The van der Waals surface area contributed by atoms with Gasteiger partial charge in [-0.25, -0.2) is 4.79 Å². The van der Waals surface area contributed by atoms with Crippen molar-refractivity contribution in [3.63, 3.8) is 0 Å². The minimum Gasteiger partial charge on any atom is -0.489 e. The van der Waals surface area contributed by atoms with Gasteiger partial charge in [-0.1, -0.05) is 97.1 Å². The van der Waals surface area contributed by atoms with Gasteiger partial charge in [0.05, 0.1) is 24.3 Å². The second kappa shape index (κ2) is 16.0. The highest BCUT2D eigenvalue weighted by Gasteiger charge is 2.35. The van der Waals surface area contributed by atoms with Gasteiger partial charge in [0.15, 0.2) is 0 Å². The number of benzene rings is 4. The number of aliphatic hydroxyl groups excluding tert-OH is 2. The van der Waals surface area contributed by atoms with Crippen molar-refractivity contribution >= 4 is 12.0 Å². The molecule has 0 aromatic heterocycles. The standard InChI is InChI=1S/C40H46N2O6/c1-40(2,3)48-39(46)41-34(23-27-12-6-4-7-13-27)35(43)25-31(38(45)42-37-33-17-11-10-16-30(33)24-36(37)44)22-28-18-20-32(21-19-28)47-26-29-14-8-5-9-15-29/h4-21,31,34-37,43-44H,22-26H2,1-3H3,(H,41,46)(H,42,45)/t31?,34?,35?,36-,37-/m0/s1. The number of hydrogen-bond donors (Lipinski definition) is 4. The fourth-order valence-electron chi connectivity index (χ4n) is 6.12. The highest BCUT2D eigenvalue weighted by atomic mass is 16.6. The Morgan fingerprint density at radius 3 is 2.08 bits per heavy atom. The highest BCUT2D eigenvalue weighted by Crippen LogP contribution is 2.32. The van der Waals surface area contributed by atoms with Gasteiger partial charge < -0.3 is 30.3 Å². The normalized spacial score (nSPS) is 17.4. The maximum atomic E-state index is 14.0. The summed E-state index contributed by atoms with van der Waals surface area (Å²) in [5.41, 5.74) is 4.06. The van der Waals surface area contributed by atoms with E-state index >= 15 is 0 Å². The van der Waals surface area contributed by atoms with Crippen LogP contribution in [0.2, 0.25) is 0 Å². The Labute approximate surface area is 283 Å². The van der Waals surface area contributed by atoms with E-state index < -0.39 is 41.9 Å². The molecule has 5 rings (SSSR count). The summed E-state index contributed by atoms with van der Waals surface area (Å²) in [6, 6.07) is 33.5. The zero-order valence-electron chi connectivity index (χ0n) is 27.8. The molecule has 4 aromatic carbocycles. The first kappa shape index (κ1) is 34.7. The number of fused-ring (bicyclic) bond motifs is 1. The molecule has 1 aliphatic carbocycles. The number of amides is 2. The third-order valence-corrected chi connectivity index (χ3v) is 8.52. The molecule has 8 nitrogen and oxygen atoms in total. The van der Waals surface area contributed by atoms with Crippen LogP contribution in [0.15, 0.2) is 109 Å². The molecule has 0 fully saturated rings. The highest BCUT2D eigenvalue weighted by molar-refractivity contribution is 5.80. The van der Waals surface area contributed by atoms with E-state index in [-0.39, 0.29) is 12.3 Å². The summed E-state index contributed by atoms with van der Waals surface area (Å²) < 4.78 is 11.5. The fourth-order valence-corrected chi connectivity index (χ4v) is 6.12. The van der Waals surface area contributed by atoms with Crippen molar-refractivity contribution < 1.29 is 29.3 Å². The summed E-state index contributed by atoms with van der Waals surface area (Å²) in [5, 5.41) is 28.5. The molecule has 4 N–H and O–H groups in total. The van der Waals surface area contributed by atoms with Crippen molar-refractivity contribution in [1.82, 2.24) is 10.6 Å². The van der Waals surface area contributed by atoms with Gasteiger partial charge in [-0.05, 0) is 80.0 Å². The van der Waals surface area contributed by atoms with Crippen molar-refractivity contribution in [3.8, 4) is 5.75 Å². The van der Waals surface area contributed by atoms with Gasteiger partial charge in [-0.15, -0.1) is 0 Å². The van der Waals surface area contributed by atoms with E-state index in [0.29, 0.717) is 31.6 Å². The molecule has 2 amide bonds. The number of ether oxygens (including phenoxy) is 2. The minimum atomic E-state index is -1.08. The van der Waals surface area contributed by atoms with E-state index in [1.807, 2.05) is 109 Å². The Morgan fingerprint density at radius 1 is 0.812 bits per heavy atom. The zero-order valence-corrected chi connectivity index (χ0v) is 27.8. The SMILES string of the molecule is CC(C)(C)OC(=O)NC(Cc1ccccc1)C(O)CC(Cc1ccc(OCc2ccccc2)cc1)C(=O)N[C@H]1c2ccccc2C[C@@H]1O. The molecule has 0 saturated heterocycles. The number of aliphatic hydroxyl groups is 2. The lowest BCUT2D eigenvalue weighted by atomic mass is 9.88. The van der Waals surface area contributed by atoms with Crippen LogP contribution in [0.25, 0.3) is 0 Å². The van der Waals surface area contributed by atoms with Crippen LogP contribution in [0, 0.1) is 5.92 Å². The monoisotopic (exact) mass is 650 g/mol. The summed E-state index contributed by atoms with van der Waals surface area (Å²) in [7, 11) is 0. The van der Waals surface area contributed by atoms with Gasteiger partial charge in [-0.3, -0.25) is 4.79 Å². The van der Waals surface area contributed by atoms with Gasteiger partial charge >= 0.3 is 6.09 Å². The summed E-state index contributed by atoms with van der Waals surface area (Å²) in [4.78, 5) is 26.9. The summed E-state index contributed by atoms with van der Waals surface area (Å²) in [6.07, 6.45) is -1.27. The van der Waals surface area contributed by atoms with Crippen LogP contribution < -0.4 is 15.4 Å². The van der Waals surface area contributed by atoms with Gasteiger partial charge in [0.1, 0.15) is 18.0 Å². The summed E-state index contributed by atoms with van der Waals surface area (Å²) >= 11 is 0. The van der Waals surface area contributed by atoms with Crippen LogP contribution >= 0.6 is 0 Å². The van der Waals surface area contributed by atoms with Crippen LogP contribution in [0.3, 0.4) is 0 Å². The quantitative estimate of drug-likeness (QED) is 0.139. The van der Waals surface area contributed by atoms with Crippen LogP contribution in [-0.2, 0) is 35.4 Å². The van der Waals surface area contributed by atoms with E-state index in [1.165, 1.54) is 0 Å². The lowest BCUT2D eigenvalue weighted by Crippen LogP contribution is -2.48. The van der Waals surface area contributed by atoms with Gasteiger partial charge in [0.2, 0.25) is 5.91 Å². The maximum Gasteiger partial charge on any atom is 0.407 e. The Morgan fingerprint density at radius 2 is 1.42 bits per heavy atom. The molecule has 0 spiro atoms. The van der Waals surface area contributed by atoms with E-state index in [1.54, 1.807) is 20.8 Å². The first-order valence-corrected chi connectivity index (χ1v) is 16.6. The smallest absolute Gasteiger partial charge is 0.407 e. The van der Waals surface area contributed by atoms with E-state index in [4.69, 9.17) is 9.47 Å². The van der Waals surface area contributed by atoms with Crippen LogP contribution in [0.4, 0.5) is 4.79 Å². The van der Waals surface area contributed by atoms with Crippen molar-refractivity contribution in [2.75, 3.05) is 0 Å². The lowest BCUT2D eigenvalue weighted by molar-refractivity contribution is -0.127. The van der Waals surface area contributed by atoms with Crippen molar-refractivity contribution in [1.29, 1.82) is 0 Å². The van der Waals surface area contributed by atoms with Crippen LogP contribution in [-0.4, -0.2) is 46.1 Å². The number of alkyl carbamates (subject to hydrolysis) is 1. The van der Waals surface area contributed by atoms with E-state index in [0.717, 1.165) is 27.8 Å². The fraction of sp³-hybridized carbons (Fsp3) is 0.350. The molecule has 0 heterocycles. The molecular weight excluding hydrogens is 604 g/mol. The van der Waals surface area contributed by atoms with Crippen molar-refractivity contribution in [2.45, 2.75) is 83.0 Å². The van der Waals surface area contributed by atoms with Gasteiger partial charge in [-0.2, -0.15) is 0 Å². The second-order valence-electron chi connectivity index (χ2n) is 13.5. The molecule has 4 aromatic rings. The molecule has 1 aliphatic rings. The lowest BCUT2D eigenvalue weighted by Gasteiger charge is -2.29. The largest absolute Gasteiger partial charge is 0.489 e. The van der Waals surface area contributed by atoms with E-state index in [9.17, 15) is 19.8 Å². The Kier molecular flexibility index (Phi) is 11.5. The van der Waals surface area contributed by atoms with E-state index in [2.05, 4.69) is 10.6 Å². The topological polar surface area (TPSA) is 117 Å². The second-order valence-corrected chi connectivity index (χ2v) is 13.5. The molecular formula is C40H46N2O6. The third-order valence-electron chi connectivity index (χ3n) is 8.52. The summed E-state index contributed by atoms with van der Waals surface area (Å²) in [5.74, 6) is -0.247. The molecule has 0 bridgehead atoms. The molecule has 5 atom stereocenters. The Balaban J connectivity index is 1.34. The number of carbonyl (C=O) groups excluding carboxylic acids is 2. The zero-order chi connectivity index (χ0) is 34.1. The minimum absolute atomic E-state index is 0.0653. The van der Waals surface area contributed by atoms with Crippen LogP contribution in [0.5, 0.6) is 5.75 Å². The Hall–Kier alpha value is -4.66. The number of hydrogen-bond acceptors (Lipinski definition) is 6. The number of rotatable bonds is 13. The van der Waals surface area contributed by atoms with Gasteiger partial charge in [0, 0.05) is 12.3 Å². The number of carbonyl (C=O) groups is 2. The molecule has 3 unspecified atom stereocenters. The predicted molar refractivity (Wildman–Crippen MR) is 185 cm³/mol. The average molecular weight is 651 g/mol. The Bertz CT molecular complexity index is 1620. The third kappa shape index (κ3) is 9.92. The molecule has 48 heavy (non-hydrogen) atoms. The molecule has 0 aliphatic heterocycles. The van der Waals surface area contributed by atoms with Crippen LogP contribution in [0.1, 0.15) is 61.1 Å². The predicted octanol–water partition coefficient (Wildman–Crippen LogP) is 6.09. The average Bonchev–Trinajstić information content (AvgIpc) is 3.38. The molecule has 252 valence electrons. The van der Waals surface area contributed by atoms with Crippen molar-refractivity contribution in [2.24, 2.45) is 5.92 Å². The first-order valence-electron chi connectivity index (χ1n) is 16.6. The molecule has 8 heteroatoms. The first-order chi connectivity index (χ1) is 23.0.